The molecule has 1 heterocycles. The molecule has 0 radical (unpaired) electrons. The van der Waals surface area contributed by atoms with E-state index < -0.39 is 9.84 Å². The molecule has 1 aromatic heterocycles. The lowest BCUT2D eigenvalue weighted by Crippen LogP contribution is -2.34. The van der Waals surface area contributed by atoms with E-state index in [1.807, 2.05) is 37.2 Å². The van der Waals surface area contributed by atoms with Gasteiger partial charge >= 0.3 is 0 Å². The Kier molecular flexibility index (Phi) is 6.74. The Morgan fingerprint density at radius 3 is 2.53 bits per heavy atom. The number of carbonyl (C=O) groups excluding carboxylic acids is 1. The summed E-state index contributed by atoms with van der Waals surface area (Å²) in [6.45, 7) is 1.21. The first-order chi connectivity index (χ1) is 14.2. The zero-order chi connectivity index (χ0) is 21.9. The van der Waals surface area contributed by atoms with Crippen molar-refractivity contribution in [2.75, 3.05) is 45.5 Å². The molecule has 160 valence electrons. The van der Waals surface area contributed by atoms with Crippen LogP contribution >= 0.6 is 11.3 Å². The number of sulfone groups is 1. The Labute approximate surface area is 180 Å². The minimum Gasteiger partial charge on any atom is -0.497 e. The molecule has 30 heavy (non-hydrogen) atoms. The van der Waals surface area contributed by atoms with E-state index in [2.05, 4.69) is 4.98 Å². The maximum absolute atomic E-state index is 13.5. The first kappa shape index (κ1) is 22.2. The molecule has 1 amide bonds. The summed E-state index contributed by atoms with van der Waals surface area (Å²) in [5.74, 6) is 0.339. The number of ether oxygens (including phenoxy) is 1. The number of hydrogen-bond acceptors (Lipinski definition) is 7. The highest BCUT2D eigenvalue weighted by Gasteiger charge is 2.26. The van der Waals surface area contributed by atoms with Crippen LogP contribution in [0.25, 0.3) is 10.2 Å². The van der Waals surface area contributed by atoms with Crippen molar-refractivity contribution in [2.45, 2.75) is 11.3 Å². The zero-order valence-corrected chi connectivity index (χ0v) is 19.1. The topological polar surface area (TPSA) is 79.8 Å². The number of aromatic nitrogens is 1. The van der Waals surface area contributed by atoms with Gasteiger partial charge in [-0.3, -0.25) is 9.69 Å². The molecule has 0 aliphatic carbocycles. The molecular weight excluding hydrogens is 422 g/mol. The van der Waals surface area contributed by atoms with Crippen LogP contribution in [0.4, 0.5) is 5.13 Å². The maximum atomic E-state index is 13.5. The molecule has 0 fully saturated rings. The van der Waals surface area contributed by atoms with Crippen molar-refractivity contribution < 1.29 is 17.9 Å². The molecule has 2 aromatic carbocycles. The van der Waals surface area contributed by atoms with Gasteiger partial charge < -0.3 is 9.64 Å². The second-order valence-electron chi connectivity index (χ2n) is 7.21. The predicted octanol–water partition coefficient (Wildman–Crippen LogP) is 3.31. The van der Waals surface area contributed by atoms with Crippen LogP contribution in [0.3, 0.4) is 0 Å². The van der Waals surface area contributed by atoms with Gasteiger partial charge in [0.25, 0.3) is 5.91 Å². The number of fused-ring (bicyclic) bond motifs is 1. The molecule has 0 saturated carbocycles. The van der Waals surface area contributed by atoms with Gasteiger partial charge in [-0.2, -0.15) is 0 Å². The van der Waals surface area contributed by atoms with E-state index in [1.54, 1.807) is 30.2 Å². The minimum atomic E-state index is -3.55. The molecule has 0 saturated heterocycles. The summed E-state index contributed by atoms with van der Waals surface area (Å²) in [5, 5.41) is 0.533. The molecule has 0 N–H and O–H groups in total. The summed E-state index contributed by atoms with van der Waals surface area (Å²) < 4.78 is 30.6. The normalized spacial score (nSPS) is 11.8. The number of methoxy groups -OCH3 is 1. The van der Waals surface area contributed by atoms with E-state index in [1.165, 1.54) is 17.4 Å². The zero-order valence-electron chi connectivity index (χ0n) is 17.5. The Morgan fingerprint density at radius 1 is 1.13 bits per heavy atom. The molecule has 0 unspecified atom stereocenters. The van der Waals surface area contributed by atoms with Crippen LogP contribution in [-0.2, 0) is 9.84 Å². The lowest BCUT2D eigenvalue weighted by Gasteiger charge is -2.22. The van der Waals surface area contributed by atoms with Gasteiger partial charge in [0.15, 0.2) is 15.0 Å². The number of amides is 1. The van der Waals surface area contributed by atoms with Gasteiger partial charge in [0.1, 0.15) is 5.75 Å². The largest absolute Gasteiger partial charge is 0.497 e. The fourth-order valence-electron chi connectivity index (χ4n) is 3.08. The fraction of sp³-hybridized carbons (Fsp3) is 0.333. The van der Waals surface area contributed by atoms with Crippen molar-refractivity contribution in [3.8, 4) is 5.75 Å². The Bertz CT molecular complexity index is 1160. The molecule has 3 aromatic rings. The number of anilines is 1. The van der Waals surface area contributed by atoms with Crippen molar-refractivity contribution in [1.29, 1.82) is 0 Å². The van der Waals surface area contributed by atoms with Crippen molar-refractivity contribution in [3.05, 3.63) is 48.0 Å². The standard InChI is InChI=1S/C21H25N3O4S2/c1-23(2)12-7-13-24(20(25)16-8-5-6-9-19(16)30(4,26)27)21-22-17-11-10-15(28-3)14-18(17)29-21/h5-6,8-11,14H,7,12-13H2,1-4H3. The van der Waals surface area contributed by atoms with Crippen LogP contribution in [0.15, 0.2) is 47.4 Å². The molecule has 0 aliphatic rings. The van der Waals surface area contributed by atoms with Crippen LogP contribution in [-0.4, -0.2) is 64.8 Å². The monoisotopic (exact) mass is 447 g/mol. The third-order valence-corrected chi connectivity index (χ3v) is 6.76. The third kappa shape index (κ3) is 4.97. The highest BCUT2D eigenvalue weighted by Crippen LogP contribution is 2.33. The average molecular weight is 448 g/mol. The van der Waals surface area contributed by atoms with Crippen molar-refractivity contribution in [1.82, 2.24) is 9.88 Å². The third-order valence-electron chi connectivity index (χ3n) is 4.56. The lowest BCUT2D eigenvalue weighted by molar-refractivity contribution is 0.0983. The second-order valence-corrected chi connectivity index (χ2v) is 10.2. The summed E-state index contributed by atoms with van der Waals surface area (Å²) in [6, 6.07) is 11.8. The molecule has 0 aliphatic heterocycles. The van der Waals surface area contributed by atoms with Gasteiger partial charge in [-0.15, -0.1) is 0 Å². The van der Waals surface area contributed by atoms with E-state index >= 15 is 0 Å². The molecule has 9 heteroatoms. The molecule has 0 spiro atoms. The second kappa shape index (κ2) is 9.11. The highest BCUT2D eigenvalue weighted by atomic mass is 32.2. The Morgan fingerprint density at radius 2 is 1.87 bits per heavy atom. The number of nitrogens with zero attached hydrogens (tertiary/aromatic N) is 3. The van der Waals surface area contributed by atoms with Crippen LogP contribution in [0.2, 0.25) is 0 Å². The smallest absolute Gasteiger partial charge is 0.261 e. The van der Waals surface area contributed by atoms with E-state index in [-0.39, 0.29) is 16.4 Å². The Balaban J connectivity index is 2.04. The van der Waals surface area contributed by atoms with Gasteiger partial charge in [0.05, 0.1) is 27.8 Å². The van der Waals surface area contributed by atoms with Crippen LogP contribution < -0.4 is 9.64 Å². The number of carbonyl (C=O) groups is 1. The van der Waals surface area contributed by atoms with Crippen LogP contribution in [0, 0.1) is 0 Å². The minimum absolute atomic E-state index is 0.0235. The number of benzene rings is 2. The first-order valence-corrected chi connectivity index (χ1v) is 12.1. The van der Waals surface area contributed by atoms with Crippen LogP contribution in [0.5, 0.6) is 5.75 Å². The van der Waals surface area contributed by atoms with Crippen LogP contribution in [0.1, 0.15) is 16.8 Å². The van der Waals surface area contributed by atoms with Crippen molar-refractivity contribution >= 4 is 42.4 Å². The summed E-state index contributed by atoms with van der Waals surface area (Å²) >= 11 is 1.38. The summed E-state index contributed by atoms with van der Waals surface area (Å²) in [7, 11) is 1.98. The lowest BCUT2D eigenvalue weighted by atomic mass is 10.2. The van der Waals surface area contributed by atoms with Gasteiger partial charge in [-0.1, -0.05) is 23.5 Å². The van der Waals surface area contributed by atoms with Gasteiger partial charge in [-0.25, -0.2) is 13.4 Å². The molecule has 0 atom stereocenters. The van der Waals surface area contributed by atoms with Gasteiger partial charge in [0, 0.05) is 12.8 Å². The number of thiazole rings is 1. The quantitative estimate of drug-likeness (QED) is 0.527. The van der Waals surface area contributed by atoms with E-state index in [9.17, 15) is 13.2 Å². The highest BCUT2D eigenvalue weighted by molar-refractivity contribution is 7.90. The SMILES string of the molecule is COc1ccc2nc(N(CCCN(C)C)C(=O)c3ccccc3S(C)(=O)=O)sc2c1. The number of rotatable bonds is 8. The Hall–Kier alpha value is -2.49. The fourth-order valence-corrected chi connectivity index (χ4v) is 4.98. The van der Waals surface area contributed by atoms with Gasteiger partial charge in [-0.05, 0) is 57.4 Å². The van der Waals surface area contributed by atoms with Crippen molar-refractivity contribution in [3.63, 3.8) is 0 Å². The van der Waals surface area contributed by atoms with E-state index in [0.29, 0.717) is 17.4 Å². The van der Waals surface area contributed by atoms with Crippen molar-refractivity contribution in [2.24, 2.45) is 0 Å². The average Bonchev–Trinajstić information content (AvgIpc) is 3.12. The van der Waals surface area contributed by atoms with E-state index in [4.69, 9.17) is 4.74 Å². The molecule has 0 bridgehead atoms. The number of hydrogen-bond donors (Lipinski definition) is 0. The first-order valence-electron chi connectivity index (χ1n) is 9.41. The molecule has 7 nitrogen and oxygen atoms in total. The van der Waals surface area contributed by atoms with Gasteiger partial charge in [0.2, 0.25) is 0 Å². The summed E-state index contributed by atoms with van der Waals surface area (Å²) in [6.07, 6.45) is 1.83. The predicted molar refractivity (Wildman–Crippen MR) is 121 cm³/mol. The molecular formula is C21H25N3O4S2. The maximum Gasteiger partial charge on any atom is 0.261 e. The summed E-state index contributed by atoms with van der Waals surface area (Å²) in [4.78, 5) is 21.7. The van der Waals surface area contributed by atoms with E-state index in [0.717, 1.165) is 29.4 Å². The molecule has 3 rings (SSSR count). The summed E-state index contributed by atoms with van der Waals surface area (Å²) in [5.41, 5.74) is 0.916.